The summed E-state index contributed by atoms with van der Waals surface area (Å²) < 4.78 is 0. The number of rotatable bonds is 1. The summed E-state index contributed by atoms with van der Waals surface area (Å²) >= 11 is 0. The fourth-order valence-electron chi connectivity index (χ4n) is 1.40. The Kier molecular flexibility index (Phi) is 2.61. The molecule has 1 aromatic carbocycles. The van der Waals surface area contributed by atoms with E-state index in [1.54, 1.807) is 18.5 Å². The van der Waals surface area contributed by atoms with Crippen LogP contribution >= 0.6 is 0 Å². The maximum atomic E-state index is 8.97. The second-order valence-corrected chi connectivity index (χ2v) is 3.02. The second kappa shape index (κ2) is 4.25. The lowest BCUT2D eigenvalue weighted by Gasteiger charge is -2.02. The van der Waals surface area contributed by atoms with Gasteiger partial charge in [-0.05, 0) is 29.4 Å². The van der Waals surface area contributed by atoms with Gasteiger partial charge in [0.05, 0.1) is 11.6 Å². The van der Waals surface area contributed by atoms with Crippen LogP contribution in [0.5, 0.6) is 0 Å². The van der Waals surface area contributed by atoms with E-state index in [1.807, 2.05) is 30.4 Å². The number of benzene rings is 1. The Morgan fingerprint density at radius 1 is 1.27 bits per heavy atom. The molecule has 0 fully saturated rings. The Bertz CT molecular complexity index is 490. The molecule has 0 saturated heterocycles. The van der Waals surface area contributed by atoms with Gasteiger partial charge >= 0.3 is 0 Å². The van der Waals surface area contributed by atoms with Crippen LogP contribution in [0.2, 0.25) is 0 Å². The van der Waals surface area contributed by atoms with Crippen molar-refractivity contribution in [1.29, 1.82) is 5.26 Å². The summed E-state index contributed by atoms with van der Waals surface area (Å²) in [5.74, 6) is 0. The molecule has 3 nitrogen and oxygen atoms in total. The minimum Gasteiger partial charge on any atom is -0.286 e. The lowest BCUT2D eigenvalue weighted by atomic mass is 10.0. The first kappa shape index (κ1) is 9.22. The Labute approximate surface area is 88.0 Å². The van der Waals surface area contributed by atoms with E-state index in [-0.39, 0.29) is 0 Å². The van der Waals surface area contributed by atoms with Crippen LogP contribution in [0.4, 0.5) is 0 Å². The summed E-state index contributed by atoms with van der Waals surface area (Å²) in [5, 5.41) is 12.8. The Balaban J connectivity index is 2.50. The maximum absolute atomic E-state index is 8.97. The highest BCUT2D eigenvalue weighted by atomic mass is 15.3. The third-order valence-electron chi connectivity index (χ3n) is 2.10. The molecule has 15 heavy (non-hydrogen) atoms. The second-order valence-electron chi connectivity index (χ2n) is 3.02. The van der Waals surface area contributed by atoms with Gasteiger partial charge in [0.2, 0.25) is 0 Å². The van der Waals surface area contributed by atoms with Crippen LogP contribution in [-0.4, -0.2) is 6.21 Å². The average Bonchev–Trinajstić information content (AvgIpc) is 2.57. The van der Waals surface area contributed by atoms with Gasteiger partial charge in [0.15, 0.2) is 0 Å². The highest BCUT2D eigenvalue weighted by Gasteiger charge is 2.04. The molecule has 0 bridgehead atoms. The molecule has 1 aliphatic rings. The van der Waals surface area contributed by atoms with Crippen LogP contribution in [-0.2, 0) is 0 Å². The largest absolute Gasteiger partial charge is 0.286 e. The van der Waals surface area contributed by atoms with E-state index in [0.717, 1.165) is 11.1 Å². The topological polar surface area (TPSA) is 48.2 Å². The molecule has 1 N–H and O–H groups in total. The van der Waals surface area contributed by atoms with Crippen molar-refractivity contribution >= 4 is 11.8 Å². The molecule has 0 unspecified atom stereocenters. The zero-order valence-corrected chi connectivity index (χ0v) is 8.01. The van der Waals surface area contributed by atoms with E-state index in [1.165, 1.54) is 0 Å². The van der Waals surface area contributed by atoms with Crippen LogP contribution < -0.4 is 5.43 Å². The van der Waals surface area contributed by atoms with Crippen LogP contribution in [0.25, 0.3) is 5.57 Å². The molecule has 1 aromatic rings. The molecule has 0 aliphatic carbocycles. The number of nitriles is 1. The Morgan fingerprint density at radius 3 is 3.00 bits per heavy atom. The van der Waals surface area contributed by atoms with Crippen LogP contribution in [0.15, 0.2) is 47.7 Å². The SMILES string of the molecule is N#Cc1ccccc1C1=CC=NNC=C1. The molecule has 0 spiro atoms. The Morgan fingerprint density at radius 2 is 2.13 bits per heavy atom. The normalized spacial score (nSPS) is 13.7. The fourth-order valence-corrected chi connectivity index (χ4v) is 1.40. The molecule has 0 atom stereocenters. The third-order valence-corrected chi connectivity index (χ3v) is 2.10. The van der Waals surface area contributed by atoms with Crippen LogP contribution in [0, 0.1) is 11.3 Å². The molecule has 0 amide bonds. The zero-order chi connectivity index (χ0) is 10.5. The van der Waals surface area contributed by atoms with Gasteiger partial charge in [-0.1, -0.05) is 18.2 Å². The standard InChI is InChI=1S/C12H9N3/c13-9-11-3-1-2-4-12(11)10-5-7-14-15-8-6-10/h1-8,14H. The number of hydrogen-bond donors (Lipinski definition) is 1. The lowest BCUT2D eigenvalue weighted by Crippen LogP contribution is -1.89. The summed E-state index contributed by atoms with van der Waals surface area (Å²) in [4.78, 5) is 0. The van der Waals surface area contributed by atoms with Crippen molar-refractivity contribution in [2.75, 3.05) is 0 Å². The van der Waals surface area contributed by atoms with E-state index < -0.39 is 0 Å². The fraction of sp³-hybridized carbons (Fsp3) is 0. The van der Waals surface area contributed by atoms with Gasteiger partial charge in [0.1, 0.15) is 0 Å². The van der Waals surface area contributed by atoms with E-state index in [0.29, 0.717) is 5.56 Å². The highest BCUT2D eigenvalue weighted by molar-refractivity contribution is 5.90. The third kappa shape index (κ3) is 1.94. The van der Waals surface area contributed by atoms with Crippen molar-refractivity contribution in [3.63, 3.8) is 0 Å². The average molecular weight is 195 g/mol. The lowest BCUT2D eigenvalue weighted by molar-refractivity contribution is 0.980. The van der Waals surface area contributed by atoms with Gasteiger partial charge in [-0.25, -0.2) is 0 Å². The molecule has 72 valence electrons. The molecular formula is C12H9N3. The van der Waals surface area contributed by atoms with Crippen LogP contribution in [0.3, 0.4) is 0 Å². The molecule has 3 heteroatoms. The number of nitrogens with zero attached hydrogens (tertiary/aromatic N) is 2. The molecule has 0 saturated carbocycles. The van der Waals surface area contributed by atoms with Crippen molar-refractivity contribution in [3.8, 4) is 6.07 Å². The monoisotopic (exact) mass is 195 g/mol. The first-order valence-corrected chi connectivity index (χ1v) is 4.57. The minimum atomic E-state index is 0.670. The summed E-state index contributed by atoms with van der Waals surface area (Å²) in [6.07, 6.45) is 7.17. The highest BCUT2D eigenvalue weighted by Crippen LogP contribution is 2.19. The summed E-state index contributed by atoms with van der Waals surface area (Å²) in [6, 6.07) is 9.68. The van der Waals surface area contributed by atoms with Crippen LogP contribution in [0.1, 0.15) is 11.1 Å². The molecule has 2 rings (SSSR count). The molecule has 0 aromatic heterocycles. The first-order valence-electron chi connectivity index (χ1n) is 4.57. The van der Waals surface area contributed by atoms with Crippen molar-refractivity contribution in [1.82, 2.24) is 5.43 Å². The van der Waals surface area contributed by atoms with E-state index in [2.05, 4.69) is 16.6 Å². The first-order chi connectivity index (χ1) is 7.42. The quantitative estimate of drug-likeness (QED) is 0.745. The van der Waals surface area contributed by atoms with Gasteiger partial charge in [-0.15, -0.1) is 0 Å². The van der Waals surface area contributed by atoms with Gasteiger partial charge in [0, 0.05) is 12.4 Å². The Hall–Kier alpha value is -2.34. The number of allylic oxidation sites excluding steroid dienone is 3. The molecular weight excluding hydrogens is 186 g/mol. The summed E-state index contributed by atoms with van der Waals surface area (Å²) in [7, 11) is 0. The summed E-state index contributed by atoms with van der Waals surface area (Å²) in [6.45, 7) is 0. The van der Waals surface area contributed by atoms with Crippen molar-refractivity contribution in [3.05, 3.63) is 53.7 Å². The van der Waals surface area contributed by atoms with Crippen molar-refractivity contribution < 1.29 is 0 Å². The predicted molar refractivity (Wildman–Crippen MR) is 59.9 cm³/mol. The van der Waals surface area contributed by atoms with Gasteiger partial charge < -0.3 is 0 Å². The maximum Gasteiger partial charge on any atom is 0.0998 e. The molecule has 0 radical (unpaired) electrons. The number of hydrogen-bond acceptors (Lipinski definition) is 3. The number of nitrogens with one attached hydrogen (secondary N) is 1. The van der Waals surface area contributed by atoms with E-state index in [9.17, 15) is 0 Å². The van der Waals surface area contributed by atoms with Crippen molar-refractivity contribution in [2.24, 2.45) is 5.10 Å². The zero-order valence-electron chi connectivity index (χ0n) is 8.01. The predicted octanol–water partition coefficient (Wildman–Crippen LogP) is 2.04. The van der Waals surface area contributed by atoms with Gasteiger partial charge in [0.25, 0.3) is 0 Å². The van der Waals surface area contributed by atoms with E-state index >= 15 is 0 Å². The van der Waals surface area contributed by atoms with E-state index in [4.69, 9.17) is 5.26 Å². The smallest absolute Gasteiger partial charge is 0.0998 e. The van der Waals surface area contributed by atoms with Crippen molar-refractivity contribution in [2.45, 2.75) is 0 Å². The molecule has 1 aliphatic heterocycles. The summed E-state index contributed by atoms with van der Waals surface area (Å²) in [5.41, 5.74) is 5.30. The molecule has 1 heterocycles. The number of hydrazone groups is 1. The van der Waals surface area contributed by atoms with Gasteiger partial charge in [-0.2, -0.15) is 10.4 Å². The van der Waals surface area contributed by atoms with Gasteiger partial charge in [-0.3, -0.25) is 5.43 Å². The minimum absolute atomic E-state index is 0.670.